The van der Waals surface area contributed by atoms with Crippen LogP contribution >= 0.6 is 0 Å². The largest absolute Gasteiger partial charge is 0.435 e. The number of nitrogens with zero attached hydrogens (tertiary/aromatic N) is 7. The molecule has 4 aromatic rings. The predicted molar refractivity (Wildman–Crippen MR) is 153 cm³/mol. The molecule has 4 heterocycles. The highest BCUT2D eigenvalue weighted by Gasteiger charge is 2.39. The van der Waals surface area contributed by atoms with Crippen molar-refractivity contribution in [2.75, 3.05) is 31.5 Å². The Kier molecular flexibility index (Phi) is 8.35. The average Bonchev–Trinajstić information content (AvgIpc) is 3.75. The summed E-state index contributed by atoms with van der Waals surface area (Å²) in [5, 5.41) is 6.18. The summed E-state index contributed by atoms with van der Waals surface area (Å²) in [6.07, 6.45) is -1.00. The minimum Gasteiger partial charge on any atom is -0.339 e. The lowest BCUT2D eigenvalue weighted by molar-refractivity contribution is -0.141. The van der Waals surface area contributed by atoms with E-state index in [2.05, 4.69) is 20.4 Å². The first kappa shape index (κ1) is 31.3. The van der Waals surface area contributed by atoms with Gasteiger partial charge < -0.3 is 20.9 Å². The van der Waals surface area contributed by atoms with E-state index in [1.165, 1.54) is 33.8 Å². The van der Waals surface area contributed by atoms with E-state index < -0.39 is 42.1 Å². The molecule has 0 radical (unpaired) electrons. The normalized spacial score (nSPS) is 19.0. The first-order valence-electron chi connectivity index (χ1n) is 14.5. The Morgan fingerprint density at radius 3 is 2.46 bits per heavy atom. The lowest BCUT2D eigenvalue weighted by atomic mass is 10.1. The van der Waals surface area contributed by atoms with Crippen LogP contribution in [0.15, 0.2) is 43.0 Å². The molecule has 0 spiro atoms. The number of fused-ring (bicyclic) bond motifs is 1. The number of benzene rings is 1. The second-order valence-corrected chi connectivity index (χ2v) is 11.3. The van der Waals surface area contributed by atoms with Gasteiger partial charge in [-0.25, -0.2) is 23.1 Å². The van der Waals surface area contributed by atoms with Crippen LogP contribution in [0.4, 0.5) is 37.8 Å². The van der Waals surface area contributed by atoms with Gasteiger partial charge in [-0.05, 0) is 37.5 Å². The number of aromatic nitrogens is 5. The Morgan fingerprint density at radius 1 is 1.07 bits per heavy atom. The van der Waals surface area contributed by atoms with Crippen LogP contribution in [0.3, 0.4) is 0 Å². The molecule has 3 N–H and O–H groups in total. The molecule has 2 fully saturated rings. The number of rotatable bonds is 7. The molecule has 17 heteroatoms. The molecule has 2 atom stereocenters. The molecule has 46 heavy (non-hydrogen) atoms. The van der Waals surface area contributed by atoms with Gasteiger partial charge in [0.1, 0.15) is 12.4 Å². The number of alkyl halides is 5. The van der Waals surface area contributed by atoms with Crippen molar-refractivity contribution < 1.29 is 35.9 Å². The maximum Gasteiger partial charge on any atom is 0.435 e. The minimum atomic E-state index is -4.92. The molecule has 0 bridgehead atoms. The number of amides is 2. The summed E-state index contributed by atoms with van der Waals surface area (Å²) in [5.41, 5.74) is 4.14. The molecule has 6 rings (SSSR count). The predicted octanol–water partition coefficient (Wildman–Crippen LogP) is 4.17. The van der Waals surface area contributed by atoms with Crippen molar-refractivity contribution in [3.63, 3.8) is 0 Å². The Bertz CT molecular complexity index is 1760. The number of nitrogens with one attached hydrogen (secondary N) is 1. The fourth-order valence-electron chi connectivity index (χ4n) is 5.96. The van der Waals surface area contributed by atoms with Gasteiger partial charge in [0.25, 0.3) is 12.3 Å². The average molecular weight is 650 g/mol. The van der Waals surface area contributed by atoms with Gasteiger partial charge in [0.2, 0.25) is 5.91 Å². The topological polar surface area (TPSA) is 127 Å². The summed E-state index contributed by atoms with van der Waals surface area (Å²) >= 11 is 0. The van der Waals surface area contributed by atoms with Crippen molar-refractivity contribution in [1.29, 1.82) is 0 Å². The monoisotopic (exact) mass is 649 g/mol. The first-order chi connectivity index (χ1) is 21.9. The van der Waals surface area contributed by atoms with Crippen molar-refractivity contribution in [1.82, 2.24) is 33.9 Å². The lowest BCUT2D eigenvalue weighted by Gasteiger charge is -2.36. The van der Waals surface area contributed by atoms with Crippen molar-refractivity contribution >= 4 is 29.0 Å². The van der Waals surface area contributed by atoms with Crippen LogP contribution < -0.4 is 11.1 Å². The standard InChI is InChI=1S/C29H29F6N9O2/c30-21-12-18(3-4-19(21)28(46)42-9-7-41(8-10-42)27(45)16-1-2-17(36)11-16)39-25-26-38-13-22(44(26)6-5-37-25)20-14-43(15-23(31)32)40-24(20)29(33,34)35/h3-6,12-14,16-17,23H,1-2,7-11,15,36H2,(H,37,39)/t16-,17+/m0/s1. The molecule has 2 aliphatic rings. The fourth-order valence-corrected chi connectivity index (χ4v) is 5.96. The van der Waals surface area contributed by atoms with Gasteiger partial charge in [-0.2, -0.15) is 18.3 Å². The van der Waals surface area contributed by atoms with Crippen LogP contribution in [0.25, 0.3) is 16.9 Å². The van der Waals surface area contributed by atoms with E-state index >= 15 is 4.39 Å². The molecular weight excluding hydrogens is 620 g/mol. The second-order valence-electron chi connectivity index (χ2n) is 11.3. The van der Waals surface area contributed by atoms with Gasteiger partial charge in [0.15, 0.2) is 17.2 Å². The van der Waals surface area contributed by atoms with Crippen LogP contribution in [0.5, 0.6) is 0 Å². The van der Waals surface area contributed by atoms with Crippen molar-refractivity contribution in [2.24, 2.45) is 11.7 Å². The van der Waals surface area contributed by atoms with Crippen molar-refractivity contribution in [3.05, 3.63) is 60.1 Å². The number of nitrogens with two attached hydrogens (primary N) is 1. The molecular formula is C29H29F6N9O2. The third kappa shape index (κ3) is 6.23. The van der Waals surface area contributed by atoms with E-state index in [0.29, 0.717) is 24.2 Å². The highest BCUT2D eigenvalue weighted by Crippen LogP contribution is 2.37. The van der Waals surface area contributed by atoms with Gasteiger partial charge in [0, 0.05) is 62.4 Å². The van der Waals surface area contributed by atoms with E-state index in [4.69, 9.17) is 5.73 Å². The van der Waals surface area contributed by atoms with Gasteiger partial charge >= 0.3 is 6.18 Å². The van der Waals surface area contributed by atoms with E-state index in [9.17, 15) is 31.5 Å². The molecule has 1 aliphatic heterocycles. The van der Waals surface area contributed by atoms with Crippen LogP contribution in [0.1, 0.15) is 35.3 Å². The number of carbonyl (C=O) groups excluding carboxylic acids is 2. The molecule has 0 unspecified atom stereocenters. The van der Waals surface area contributed by atoms with E-state index in [0.717, 1.165) is 31.3 Å². The number of carbonyl (C=O) groups is 2. The van der Waals surface area contributed by atoms with Gasteiger partial charge in [-0.3, -0.25) is 18.7 Å². The fraction of sp³-hybridized carbons (Fsp3) is 0.414. The number of halogens is 6. The molecule has 11 nitrogen and oxygen atoms in total. The summed E-state index contributed by atoms with van der Waals surface area (Å²) in [5.74, 6) is -1.34. The maximum absolute atomic E-state index is 15.2. The molecule has 1 saturated carbocycles. The number of hydrogen-bond acceptors (Lipinski definition) is 7. The second kappa shape index (κ2) is 12.3. The first-order valence-corrected chi connectivity index (χ1v) is 14.5. The summed E-state index contributed by atoms with van der Waals surface area (Å²) < 4.78 is 83.9. The van der Waals surface area contributed by atoms with Gasteiger partial charge in [0.05, 0.1) is 23.0 Å². The summed E-state index contributed by atoms with van der Waals surface area (Å²) in [6, 6.07) is 3.87. The molecule has 1 aliphatic carbocycles. The van der Waals surface area contributed by atoms with E-state index in [1.54, 1.807) is 4.90 Å². The highest BCUT2D eigenvalue weighted by molar-refractivity contribution is 5.95. The molecule has 1 aromatic carbocycles. The van der Waals surface area contributed by atoms with Crippen LogP contribution in [0, 0.1) is 11.7 Å². The number of anilines is 2. The zero-order valence-electron chi connectivity index (χ0n) is 24.2. The van der Waals surface area contributed by atoms with E-state index in [-0.39, 0.29) is 59.4 Å². The minimum absolute atomic E-state index is 0.0302. The third-order valence-corrected chi connectivity index (χ3v) is 8.22. The third-order valence-electron chi connectivity index (χ3n) is 8.22. The number of imidazole rings is 1. The van der Waals surface area contributed by atoms with Gasteiger partial charge in [-0.15, -0.1) is 0 Å². The SMILES string of the molecule is N[C@@H]1CC[C@H](C(=O)N2CCN(C(=O)c3ccc(Nc4nccn5c(-c6cn(CC(F)F)nc6C(F)(F)F)cnc45)cc3F)CC2)C1. The van der Waals surface area contributed by atoms with Crippen molar-refractivity contribution in [2.45, 2.75) is 44.5 Å². The maximum atomic E-state index is 15.2. The molecule has 1 saturated heterocycles. The molecule has 2 amide bonds. The molecule has 244 valence electrons. The van der Waals surface area contributed by atoms with Crippen LogP contribution in [0.2, 0.25) is 0 Å². The van der Waals surface area contributed by atoms with Crippen molar-refractivity contribution in [3.8, 4) is 11.3 Å². The smallest absolute Gasteiger partial charge is 0.339 e. The number of piperazine rings is 1. The Balaban J connectivity index is 1.17. The Hall–Kier alpha value is -4.67. The summed E-state index contributed by atoms with van der Waals surface area (Å²) in [4.78, 5) is 37.5. The highest BCUT2D eigenvalue weighted by atomic mass is 19.4. The lowest BCUT2D eigenvalue weighted by Crippen LogP contribution is -2.52. The van der Waals surface area contributed by atoms with E-state index in [1.807, 2.05) is 0 Å². The van der Waals surface area contributed by atoms with Crippen LogP contribution in [-0.2, 0) is 17.5 Å². The Morgan fingerprint density at radius 2 is 1.80 bits per heavy atom. The number of hydrogen-bond donors (Lipinski definition) is 2. The van der Waals surface area contributed by atoms with Crippen LogP contribution in [-0.4, -0.2) is 84.4 Å². The summed E-state index contributed by atoms with van der Waals surface area (Å²) in [6.45, 7) is 0.181. The zero-order valence-corrected chi connectivity index (χ0v) is 24.2. The quantitative estimate of drug-likeness (QED) is 0.288. The zero-order chi connectivity index (χ0) is 32.7. The Labute approximate surface area is 258 Å². The van der Waals surface area contributed by atoms with Gasteiger partial charge in [-0.1, -0.05) is 0 Å². The summed E-state index contributed by atoms with van der Waals surface area (Å²) in [7, 11) is 0. The molecule has 3 aromatic heterocycles.